The van der Waals surface area contributed by atoms with Gasteiger partial charge in [0.2, 0.25) is 21.8 Å². The summed E-state index contributed by atoms with van der Waals surface area (Å²) in [4.78, 5) is 27.4. The zero-order chi connectivity index (χ0) is 26.5. The van der Waals surface area contributed by atoms with E-state index < -0.39 is 22.2 Å². The van der Waals surface area contributed by atoms with Crippen molar-refractivity contribution in [3.8, 4) is 5.75 Å². The lowest BCUT2D eigenvalue weighted by atomic mass is 10.0. The third-order valence-electron chi connectivity index (χ3n) is 6.41. The number of fused-ring (bicyclic) bond motifs is 1. The van der Waals surface area contributed by atoms with Gasteiger partial charge in [0.15, 0.2) is 0 Å². The van der Waals surface area contributed by atoms with Crippen LogP contribution in [0, 0.1) is 5.92 Å². The van der Waals surface area contributed by atoms with Gasteiger partial charge in [-0.3, -0.25) is 9.59 Å². The molecule has 2 aromatic carbocycles. The van der Waals surface area contributed by atoms with Gasteiger partial charge in [0.1, 0.15) is 11.9 Å². The SMILES string of the molecule is C[C@H]1CN([C@@H](C)CO)C(=O)Cc2cc(NC(=O)Cc3ccccc3)ccc2O[C@H]1CN(C)S(C)(=O)=O. The standard InChI is InChI=1S/C26H35N3O6S/c1-18-15-29(19(2)17-30)26(32)14-21-13-22(27-25(31)12-20-8-6-5-7-9-20)10-11-23(21)35-24(18)16-28(3)36(4,33)34/h5-11,13,18-19,24,30H,12,14-17H2,1-4H3,(H,27,31)/t18-,19-,24-/m0/s1. The van der Waals surface area contributed by atoms with E-state index in [1.165, 1.54) is 11.4 Å². The molecule has 0 aliphatic carbocycles. The van der Waals surface area contributed by atoms with Gasteiger partial charge in [0.25, 0.3) is 0 Å². The molecule has 196 valence electrons. The number of amides is 2. The Hall–Kier alpha value is -2.95. The summed E-state index contributed by atoms with van der Waals surface area (Å²) in [7, 11) is -1.95. The molecule has 3 rings (SSSR count). The molecule has 1 aliphatic heterocycles. The van der Waals surface area contributed by atoms with Crippen LogP contribution in [0.4, 0.5) is 5.69 Å². The van der Waals surface area contributed by atoms with E-state index in [1.807, 2.05) is 37.3 Å². The molecule has 3 atom stereocenters. The molecule has 1 heterocycles. The molecular weight excluding hydrogens is 482 g/mol. The van der Waals surface area contributed by atoms with Gasteiger partial charge in [0.05, 0.1) is 38.3 Å². The second-order valence-corrected chi connectivity index (χ2v) is 11.6. The number of likely N-dealkylation sites (N-methyl/N-ethyl adjacent to an activating group) is 1. The monoisotopic (exact) mass is 517 g/mol. The number of carbonyl (C=O) groups excluding carboxylic acids is 2. The van der Waals surface area contributed by atoms with E-state index >= 15 is 0 Å². The van der Waals surface area contributed by atoms with E-state index in [4.69, 9.17) is 4.74 Å². The summed E-state index contributed by atoms with van der Waals surface area (Å²) in [5.74, 6) is -0.128. The number of aliphatic hydroxyl groups excluding tert-OH is 1. The van der Waals surface area contributed by atoms with E-state index in [0.717, 1.165) is 11.8 Å². The Kier molecular flexibility index (Phi) is 9.10. The normalized spacial score (nSPS) is 19.5. The second-order valence-electron chi connectivity index (χ2n) is 9.46. The minimum absolute atomic E-state index is 0.0173. The van der Waals surface area contributed by atoms with Crippen LogP contribution < -0.4 is 10.1 Å². The first-order valence-corrected chi connectivity index (χ1v) is 13.8. The van der Waals surface area contributed by atoms with Gasteiger partial charge in [-0.05, 0) is 30.7 Å². The first-order valence-electron chi connectivity index (χ1n) is 11.9. The number of hydrogen-bond donors (Lipinski definition) is 2. The Bertz CT molecular complexity index is 1170. The highest BCUT2D eigenvalue weighted by Gasteiger charge is 2.32. The summed E-state index contributed by atoms with van der Waals surface area (Å²) in [5.41, 5.74) is 2.00. The number of nitrogens with zero attached hydrogens (tertiary/aromatic N) is 2. The van der Waals surface area contributed by atoms with Crippen molar-refractivity contribution in [3.63, 3.8) is 0 Å². The first kappa shape index (κ1) is 27.6. The number of benzene rings is 2. The maximum atomic E-state index is 13.3. The predicted molar refractivity (Wildman–Crippen MR) is 138 cm³/mol. The summed E-state index contributed by atoms with van der Waals surface area (Å²) in [5, 5.41) is 12.6. The highest BCUT2D eigenvalue weighted by Crippen LogP contribution is 2.29. The zero-order valence-corrected chi connectivity index (χ0v) is 22.0. The molecule has 2 aromatic rings. The van der Waals surface area contributed by atoms with Crippen molar-refractivity contribution in [1.29, 1.82) is 0 Å². The van der Waals surface area contributed by atoms with Gasteiger partial charge >= 0.3 is 0 Å². The van der Waals surface area contributed by atoms with Crippen molar-refractivity contribution in [2.45, 2.75) is 38.8 Å². The van der Waals surface area contributed by atoms with E-state index in [2.05, 4.69) is 5.32 Å². The number of rotatable bonds is 8. The molecule has 36 heavy (non-hydrogen) atoms. The van der Waals surface area contributed by atoms with Crippen molar-refractivity contribution in [3.05, 3.63) is 59.7 Å². The molecule has 10 heteroatoms. The fraction of sp³-hybridized carbons (Fsp3) is 0.462. The van der Waals surface area contributed by atoms with Crippen LogP contribution in [0.15, 0.2) is 48.5 Å². The lowest BCUT2D eigenvalue weighted by Crippen LogP contribution is -2.48. The maximum absolute atomic E-state index is 13.3. The lowest BCUT2D eigenvalue weighted by Gasteiger charge is -2.33. The highest BCUT2D eigenvalue weighted by atomic mass is 32.2. The number of carbonyl (C=O) groups is 2. The average Bonchev–Trinajstić information content (AvgIpc) is 2.86. The Morgan fingerprint density at radius 2 is 1.94 bits per heavy atom. The molecule has 0 aromatic heterocycles. The Labute approximate surface area is 213 Å². The molecule has 1 aliphatic rings. The third kappa shape index (κ3) is 7.28. The topological polar surface area (TPSA) is 116 Å². The van der Waals surface area contributed by atoms with Gasteiger partial charge in [-0.2, -0.15) is 0 Å². The third-order valence-corrected chi connectivity index (χ3v) is 7.69. The van der Waals surface area contributed by atoms with Crippen LogP contribution in [-0.4, -0.2) is 79.7 Å². The van der Waals surface area contributed by atoms with Crippen LogP contribution in [-0.2, 0) is 32.5 Å². The van der Waals surface area contributed by atoms with Gasteiger partial charge in [0, 0.05) is 30.8 Å². The molecule has 0 bridgehead atoms. The van der Waals surface area contributed by atoms with Crippen molar-refractivity contribution in [1.82, 2.24) is 9.21 Å². The van der Waals surface area contributed by atoms with E-state index in [-0.39, 0.29) is 43.7 Å². The second kappa shape index (κ2) is 11.9. The number of nitrogens with one attached hydrogen (secondary N) is 1. The van der Waals surface area contributed by atoms with E-state index in [9.17, 15) is 23.1 Å². The lowest BCUT2D eigenvalue weighted by molar-refractivity contribution is -0.134. The molecule has 0 saturated heterocycles. The van der Waals surface area contributed by atoms with Crippen LogP contribution in [0.25, 0.3) is 0 Å². The first-order chi connectivity index (χ1) is 17.0. The van der Waals surface area contributed by atoms with Gasteiger partial charge in [-0.1, -0.05) is 37.3 Å². The van der Waals surface area contributed by atoms with Crippen LogP contribution >= 0.6 is 0 Å². The summed E-state index contributed by atoms with van der Waals surface area (Å²) < 4.78 is 31.6. The van der Waals surface area contributed by atoms with Crippen molar-refractivity contribution in [2.75, 3.05) is 38.3 Å². The van der Waals surface area contributed by atoms with Gasteiger partial charge in [-0.25, -0.2) is 12.7 Å². The number of anilines is 1. The minimum Gasteiger partial charge on any atom is -0.488 e. The molecule has 0 unspecified atom stereocenters. The van der Waals surface area contributed by atoms with Crippen molar-refractivity contribution in [2.24, 2.45) is 5.92 Å². The smallest absolute Gasteiger partial charge is 0.228 e. The molecule has 9 nitrogen and oxygen atoms in total. The molecule has 0 saturated carbocycles. The fourth-order valence-corrected chi connectivity index (χ4v) is 4.52. The fourth-order valence-electron chi connectivity index (χ4n) is 4.10. The summed E-state index contributed by atoms with van der Waals surface area (Å²) in [6.45, 7) is 3.87. The summed E-state index contributed by atoms with van der Waals surface area (Å²) in [6, 6.07) is 14.1. The van der Waals surface area contributed by atoms with Gasteiger partial charge < -0.3 is 20.1 Å². The Morgan fingerprint density at radius 3 is 2.58 bits per heavy atom. The van der Waals surface area contributed by atoms with Crippen LogP contribution in [0.5, 0.6) is 5.75 Å². The molecular formula is C26H35N3O6S. The Morgan fingerprint density at radius 1 is 1.25 bits per heavy atom. The highest BCUT2D eigenvalue weighted by molar-refractivity contribution is 7.88. The van der Waals surface area contributed by atoms with E-state index in [0.29, 0.717) is 23.5 Å². The van der Waals surface area contributed by atoms with Crippen LogP contribution in [0.2, 0.25) is 0 Å². The maximum Gasteiger partial charge on any atom is 0.228 e. The molecule has 0 fully saturated rings. The van der Waals surface area contributed by atoms with Crippen molar-refractivity contribution < 1.29 is 27.9 Å². The quantitative estimate of drug-likeness (QED) is 0.553. The number of aliphatic hydroxyl groups is 1. The molecule has 0 spiro atoms. The van der Waals surface area contributed by atoms with Crippen molar-refractivity contribution >= 4 is 27.5 Å². The number of sulfonamides is 1. The van der Waals surface area contributed by atoms with Crippen LogP contribution in [0.1, 0.15) is 25.0 Å². The molecule has 2 amide bonds. The zero-order valence-electron chi connectivity index (χ0n) is 21.2. The predicted octanol–water partition coefficient (Wildman–Crippen LogP) is 1.91. The minimum atomic E-state index is -3.44. The largest absolute Gasteiger partial charge is 0.488 e. The Balaban J connectivity index is 1.90. The number of hydrogen-bond acceptors (Lipinski definition) is 6. The molecule has 0 radical (unpaired) electrons. The summed E-state index contributed by atoms with van der Waals surface area (Å²) in [6.07, 6.45) is 0.825. The summed E-state index contributed by atoms with van der Waals surface area (Å²) >= 11 is 0. The van der Waals surface area contributed by atoms with Gasteiger partial charge in [-0.15, -0.1) is 0 Å². The average molecular weight is 518 g/mol. The van der Waals surface area contributed by atoms with E-state index in [1.54, 1.807) is 30.0 Å². The van der Waals surface area contributed by atoms with Crippen LogP contribution in [0.3, 0.4) is 0 Å². The molecule has 2 N–H and O–H groups in total. The number of ether oxygens (including phenoxy) is 1.